The molecule has 2 aliphatic carbocycles. The van der Waals surface area contributed by atoms with Crippen LogP contribution in [0.4, 0.5) is 0 Å². The quantitative estimate of drug-likeness (QED) is 0.835. The molecule has 1 heterocycles. The molecule has 2 amide bonds. The molecule has 0 aromatic heterocycles. The van der Waals surface area contributed by atoms with E-state index in [1.165, 1.54) is 12.8 Å². The molecule has 1 saturated heterocycles. The first kappa shape index (κ1) is 17.3. The van der Waals surface area contributed by atoms with E-state index in [4.69, 9.17) is 0 Å². The molecule has 0 N–H and O–H groups in total. The lowest BCUT2D eigenvalue weighted by molar-refractivity contribution is -0.129. The Morgan fingerprint density at radius 2 is 1.96 bits per heavy atom. The highest BCUT2D eigenvalue weighted by Gasteiger charge is 2.36. The number of Topliss-reactive ketones (excluding diaryl/α,β-unsaturated/α-hetero) is 1. The summed E-state index contributed by atoms with van der Waals surface area (Å²) in [5.74, 6) is 0.540. The van der Waals surface area contributed by atoms with E-state index in [0.717, 1.165) is 24.9 Å². The van der Waals surface area contributed by atoms with Crippen molar-refractivity contribution in [3.63, 3.8) is 0 Å². The number of rotatable bonds is 4. The zero-order chi connectivity index (χ0) is 18.3. The summed E-state index contributed by atoms with van der Waals surface area (Å²) in [6.45, 7) is 1.36. The van der Waals surface area contributed by atoms with Crippen molar-refractivity contribution in [2.45, 2.75) is 51.0 Å². The summed E-state index contributed by atoms with van der Waals surface area (Å²) in [6, 6.07) is 5.85. The van der Waals surface area contributed by atoms with Crippen LogP contribution in [0.25, 0.3) is 0 Å². The van der Waals surface area contributed by atoms with E-state index in [0.29, 0.717) is 43.0 Å². The fourth-order valence-electron chi connectivity index (χ4n) is 4.87. The summed E-state index contributed by atoms with van der Waals surface area (Å²) in [5.41, 5.74) is 2.24. The van der Waals surface area contributed by atoms with Crippen LogP contribution in [0.3, 0.4) is 0 Å². The molecule has 1 aliphatic heterocycles. The Kier molecular flexibility index (Phi) is 4.55. The fourth-order valence-corrected chi connectivity index (χ4v) is 4.87. The van der Waals surface area contributed by atoms with Crippen molar-refractivity contribution in [1.29, 1.82) is 0 Å². The van der Waals surface area contributed by atoms with E-state index in [9.17, 15) is 14.4 Å². The second-order valence-electron chi connectivity index (χ2n) is 8.00. The Labute approximate surface area is 154 Å². The lowest BCUT2D eigenvalue weighted by Crippen LogP contribution is -2.36. The van der Waals surface area contributed by atoms with E-state index in [1.54, 1.807) is 18.0 Å². The molecule has 26 heavy (non-hydrogen) atoms. The molecule has 3 aliphatic rings. The highest BCUT2D eigenvalue weighted by molar-refractivity contribution is 6.05. The predicted octanol–water partition coefficient (Wildman–Crippen LogP) is 2.68. The largest absolute Gasteiger partial charge is 0.341 e. The zero-order valence-corrected chi connectivity index (χ0v) is 15.4. The molecule has 1 aromatic carbocycles. The highest BCUT2D eigenvalue weighted by Crippen LogP contribution is 2.30. The van der Waals surface area contributed by atoms with Gasteiger partial charge in [0.1, 0.15) is 0 Å². The minimum atomic E-state index is -0.0386. The van der Waals surface area contributed by atoms with Gasteiger partial charge in [0.25, 0.3) is 5.91 Å². The van der Waals surface area contributed by atoms with Gasteiger partial charge in [-0.2, -0.15) is 0 Å². The van der Waals surface area contributed by atoms with E-state index >= 15 is 0 Å². The molecule has 0 radical (unpaired) electrons. The molecule has 4 rings (SSSR count). The van der Waals surface area contributed by atoms with Crippen LogP contribution in [0.15, 0.2) is 18.2 Å². The van der Waals surface area contributed by atoms with Gasteiger partial charge in [0, 0.05) is 56.1 Å². The number of carbonyl (C=O) groups excluding carboxylic acids is 3. The molecule has 2 fully saturated rings. The van der Waals surface area contributed by atoms with E-state index in [2.05, 4.69) is 4.90 Å². The predicted molar refractivity (Wildman–Crippen MR) is 98.1 cm³/mol. The summed E-state index contributed by atoms with van der Waals surface area (Å²) in [4.78, 5) is 41.0. The van der Waals surface area contributed by atoms with Crippen molar-refractivity contribution in [3.8, 4) is 0 Å². The maximum absolute atomic E-state index is 12.9. The Bertz CT molecular complexity index is 752. The van der Waals surface area contributed by atoms with Gasteiger partial charge >= 0.3 is 0 Å². The monoisotopic (exact) mass is 354 g/mol. The Morgan fingerprint density at radius 3 is 2.73 bits per heavy atom. The number of hydrogen-bond donors (Lipinski definition) is 0. The summed E-state index contributed by atoms with van der Waals surface area (Å²) >= 11 is 0. The van der Waals surface area contributed by atoms with Gasteiger partial charge in [-0.25, -0.2) is 0 Å². The standard InChI is InChI=1S/C21H26N2O3/c1-22(12-14-11-20(25)23(13-14)15-5-2-3-6-15)21(26)18-8-4-7-17-16(18)9-10-19(17)24/h4,7-8,14-15H,2-3,5-6,9-13H2,1H3. The summed E-state index contributed by atoms with van der Waals surface area (Å²) < 4.78 is 0. The Balaban J connectivity index is 1.43. The first-order valence-electron chi connectivity index (χ1n) is 9.74. The number of ketones is 1. The highest BCUT2D eigenvalue weighted by atomic mass is 16.2. The van der Waals surface area contributed by atoms with Crippen LogP contribution in [0.2, 0.25) is 0 Å². The molecule has 5 heteroatoms. The number of amides is 2. The van der Waals surface area contributed by atoms with Crippen LogP contribution in [0.1, 0.15) is 64.8 Å². The third-order valence-electron chi connectivity index (χ3n) is 6.19. The van der Waals surface area contributed by atoms with Crippen LogP contribution in [0.5, 0.6) is 0 Å². The molecule has 1 atom stereocenters. The molecule has 0 spiro atoms. The lowest BCUT2D eigenvalue weighted by atomic mass is 10.0. The van der Waals surface area contributed by atoms with Gasteiger partial charge in [0.15, 0.2) is 5.78 Å². The third-order valence-corrected chi connectivity index (χ3v) is 6.19. The normalized spacial score (nSPS) is 23.0. The Hall–Kier alpha value is -2.17. The van der Waals surface area contributed by atoms with Gasteiger partial charge in [-0.1, -0.05) is 25.0 Å². The second-order valence-corrected chi connectivity index (χ2v) is 8.00. The van der Waals surface area contributed by atoms with Crippen molar-refractivity contribution in [3.05, 3.63) is 34.9 Å². The third kappa shape index (κ3) is 3.04. The van der Waals surface area contributed by atoms with Crippen molar-refractivity contribution in [1.82, 2.24) is 9.80 Å². The van der Waals surface area contributed by atoms with Gasteiger partial charge < -0.3 is 9.80 Å². The van der Waals surface area contributed by atoms with E-state index < -0.39 is 0 Å². The fraction of sp³-hybridized carbons (Fsp3) is 0.571. The summed E-state index contributed by atoms with van der Waals surface area (Å²) in [5, 5.41) is 0. The number of fused-ring (bicyclic) bond motifs is 1. The van der Waals surface area contributed by atoms with Crippen LogP contribution >= 0.6 is 0 Å². The van der Waals surface area contributed by atoms with Gasteiger partial charge in [-0.15, -0.1) is 0 Å². The molecule has 138 valence electrons. The van der Waals surface area contributed by atoms with Gasteiger partial charge in [0.2, 0.25) is 5.91 Å². The lowest BCUT2D eigenvalue weighted by Gasteiger charge is -2.25. The molecule has 1 aromatic rings. The molecular weight excluding hydrogens is 328 g/mol. The van der Waals surface area contributed by atoms with Crippen LogP contribution in [0, 0.1) is 5.92 Å². The second kappa shape index (κ2) is 6.86. The first-order chi connectivity index (χ1) is 12.5. The first-order valence-corrected chi connectivity index (χ1v) is 9.74. The van der Waals surface area contributed by atoms with Crippen LogP contribution in [-0.4, -0.2) is 53.6 Å². The van der Waals surface area contributed by atoms with Crippen LogP contribution in [-0.2, 0) is 11.2 Å². The average molecular weight is 354 g/mol. The van der Waals surface area contributed by atoms with Crippen LogP contribution < -0.4 is 0 Å². The number of carbonyl (C=O) groups is 3. The van der Waals surface area contributed by atoms with Gasteiger partial charge in [-0.05, 0) is 30.9 Å². The SMILES string of the molecule is CN(CC1CC(=O)N(C2CCCC2)C1)C(=O)c1cccc2c1CCC2=O. The topological polar surface area (TPSA) is 57.7 Å². The molecular formula is C21H26N2O3. The summed E-state index contributed by atoms with van der Waals surface area (Å²) in [7, 11) is 1.81. The van der Waals surface area contributed by atoms with Crippen molar-refractivity contribution >= 4 is 17.6 Å². The average Bonchev–Trinajstić information content (AvgIpc) is 3.35. The molecule has 0 bridgehead atoms. The number of hydrogen-bond acceptors (Lipinski definition) is 3. The van der Waals surface area contributed by atoms with E-state index in [1.807, 2.05) is 12.1 Å². The number of benzene rings is 1. The number of likely N-dealkylation sites (tertiary alicyclic amines) is 1. The Morgan fingerprint density at radius 1 is 1.19 bits per heavy atom. The maximum atomic E-state index is 12.9. The van der Waals surface area contributed by atoms with Crippen molar-refractivity contribution in [2.24, 2.45) is 5.92 Å². The zero-order valence-electron chi connectivity index (χ0n) is 15.4. The maximum Gasteiger partial charge on any atom is 0.253 e. The minimum Gasteiger partial charge on any atom is -0.341 e. The molecule has 5 nitrogen and oxygen atoms in total. The molecule has 1 saturated carbocycles. The smallest absolute Gasteiger partial charge is 0.253 e. The van der Waals surface area contributed by atoms with Gasteiger partial charge in [0.05, 0.1) is 0 Å². The van der Waals surface area contributed by atoms with Gasteiger partial charge in [-0.3, -0.25) is 14.4 Å². The van der Waals surface area contributed by atoms with E-state index in [-0.39, 0.29) is 23.5 Å². The molecule has 1 unspecified atom stereocenters. The van der Waals surface area contributed by atoms with Crippen molar-refractivity contribution in [2.75, 3.05) is 20.1 Å². The van der Waals surface area contributed by atoms with Crippen molar-refractivity contribution < 1.29 is 14.4 Å². The number of nitrogens with zero attached hydrogens (tertiary/aromatic N) is 2. The minimum absolute atomic E-state index is 0.0386. The summed E-state index contributed by atoms with van der Waals surface area (Å²) in [6.07, 6.45) is 6.37.